The van der Waals surface area contributed by atoms with Crippen LogP contribution in [0.25, 0.3) is 0 Å². The lowest BCUT2D eigenvalue weighted by Gasteiger charge is -2.27. The summed E-state index contributed by atoms with van der Waals surface area (Å²) in [6.45, 7) is 4.43. The maximum atomic E-state index is 11.3. The van der Waals surface area contributed by atoms with Gasteiger partial charge in [-0.15, -0.1) is 0 Å². The fourth-order valence-corrected chi connectivity index (χ4v) is 1.55. The minimum atomic E-state index is -0.250. The number of ether oxygens (including phenoxy) is 3. The molecule has 0 amide bonds. The zero-order valence-electron chi connectivity index (χ0n) is 9.69. The third kappa shape index (κ3) is 3.80. The summed E-state index contributed by atoms with van der Waals surface area (Å²) in [7, 11) is 1.39. The van der Waals surface area contributed by atoms with E-state index in [4.69, 9.17) is 9.47 Å². The molecule has 88 valence electrons. The average molecular weight is 216 g/mol. The molecule has 1 aliphatic rings. The van der Waals surface area contributed by atoms with Crippen molar-refractivity contribution < 1.29 is 19.0 Å². The number of hydrogen-bond acceptors (Lipinski definition) is 4. The smallest absolute Gasteiger partial charge is 0.311 e. The molecule has 1 aliphatic heterocycles. The molecule has 4 heteroatoms. The van der Waals surface area contributed by atoms with Crippen molar-refractivity contribution in [1.29, 1.82) is 0 Å². The third-order valence-electron chi connectivity index (χ3n) is 2.78. The van der Waals surface area contributed by atoms with Gasteiger partial charge in [-0.05, 0) is 33.1 Å². The Balaban J connectivity index is 2.32. The first-order valence-corrected chi connectivity index (χ1v) is 5.50. The molecule has 0 saturated carbocycles. The molecule has 1 heterocycles. The zero-order chi connectivity index (χ0) is 11.3. The Morgan fingerprint density at radius 3 is 2.67 bits per heavy atom. The molecule has 0 aliphatic carbocycles. The van der Waals surface area contributed by atoms with Gasteiger partial charge in [-0.25, -0.2) is 0 Å². The van der Waals surface area contributed by atoms with E-state index in [9.17, 15) is 4.79 Å². The van der Waals surface area contributed by atoms with E-state index in [1.54, 1.807) is 6.92 Å². The topological polar surface area (TPSA) is 44.8 Å². The van der Waals surface area contributed by atoms with E-state index in [2.05, 4.69) is 4.74 Å². The fraction of sp³-hybridized carbons (Fsp3) is 0.909. The predicted molar refractivity (Wildman–Crippen MR) is 55.3 cm³/mol. The maximum absolute atomic E-state index is 11.3. The zero-order valence-corrected chi connectivity index (χ0v) is 9.69. The van der Waals surface area contributed by atoms with E-state index >= 15 is 0 Å². The molecule has 1 rings (SSSR count). The summed E-state index contributed by atoms with van der Waals surface area (Å²) in [5.41, 5.74) is 0. The summed E-state index contributed by atoms with van der Waals surface area (Å²) in [4.78, 5) is 11.3. The van der Waals surface area contributed by atoms with Crippen LogP contribution in [-0.2, 0) is 19.0 Å². The van der Waals surface area contributed by atoms with Crippen LogP contribution in [0.4, 0.5) is 0 Å². The number of methoxy groups -OCH3 is 1. The summed E-state index contributed by atoms with van der Waals surface area (Å²) in [6.07, 6.45) is 2.82. The van der Waals surface area contributed by atoms with Crippen molar-refractivity contribution in [2.75, 3.05) is 13.7 Å². The summed E-state index contributed by atoms with van der Waals surface area (Å²) in [6, 6.07) is 0. The van der Waals surface area contributed by atoms with Gasteiger partial charge >= 0.3 is 5.97 Å². The van der Waals surface area contributed by atoms with Gasteiger partial charge in [-0.2, -0.15) is 0 Å². The molecule has 0 bridgehead atoms. The van der Waals surface area contributed by atoms with Gasteiger partial charge in [-0.3, -0.25) is 4.79 Å². The Bertz CT molecular complexity index is 199. The summed E-state index contributed by atoms with van der Waals surface area (Å²) >= 11 is 0. The van der Waals surface area contributed by atoms with Crippen molar-refractivity contribution in [3.05, 3.63) is 0 Å². The third-order valence-corrected chi connectivity index (χ3v) is 2.78. The molecule has 0 N–H and O–H groups in total. The largest absolute Gasteiger partial charge is 0.469 e. The van der Waals surface area contributed by atoms with E-state index in [-0.39, 0.29) is 24.3 Å². The van der Waals surface area contributed by atoms with Crippen LogP contribution in [0.15, 0.2) is 0 Å². The molecular formula is C11H20O4. The molecule has 0 spiro atoms. The highest BCUT2D eigenvalue weighted by Gasteiger charge is 2.25. The van der Waals surface area contributed by atoms with Crippen molar-refractivity contribution in [2.45, 2.75) is 45.5 Å². The lowest BCUT2D eigenvalue weighted by Crippen LogP contribution is -2.33. The van der Waals surface area contributed by atoms with Gasteiger partial charge in [0.2, 0.25) is 0 Å². The molecule has 1 unspecified atom stereocenters. The van der Waals surface area contributed by atoms with Crippen LogP contribution in [0.2, 0.25) is 0 Å². The standard InChI is InChI=1S/C11H20O4/c1-8(11(12)13-3)9(2)15-10-6-4-5-7-14-10/h8-10H,4-7H2,1-3H3/t8-,9+,10?/m1/s1. The second kappa shape index (κ2) is 6.08. The molecule has 0 radical (unpaired) electrons. The molecule has 0 aromatic heterocycles. The number of carbonyl (C=O) groups is 1. The van der Waals surface area contributed by atoms with Crippen LogP contribution < -0.4 is 0 Å². The van der Waals surface area contributed by atoms with Crippen molar-refractivity contribution in [2.24, 2.45) is 5.92 Å². The highest BCUT2D eigenvalue weighted by molar-refractivity contribution is 5.72. The van der Waals surface area contributed by atoms with Crippen molar-refractivity contribution in [3.8, 4) is 0 Å². The lowest BCUT2D eigenvalue weighted by atomic mass is 10.1. The lowest BCUT2D eigenvalue weighted by molar-refractivity contribution is -0.197. The predicted octanol–water partition coefficient (Wildman–Crippen LogP) is 1.73. The highest BCUT2D eigenvalue weighted by Crippen LogP contribution is 2.18. The Morgan fingerprint density at radius 2 is 2.13 bits per heavy atom. The van der Waals surface area contributed by atoms with Gasteiger partial charge in [0.15, 0.2) is 6.29 Å². The first kappa shape index (κ1) is 12.5. The van der Waals surface area contributed by atoms with E-state index in [1.807, 2.05) is 6.92 Å². The van der Waals surface area contributed by atoms with Gasteiger partial charge in [0.25, 0.3) is 0 Å². The maximum Gasteiger partial charge on any atom is 0.311 e. The van der Waals surface area contributed by atoms with Crippen molar-refractivity contribution >= 4 is 5.97 Å². The molecular weight excluding hydrogens is 196 g/mol. The minimum absolute atomic E-state index is 0.152. The Labute approximate surface area is 90.9 Å². The summed E-state index contributed by atoms with van der Waals surface area (Å²) in [5.74, 6) is -0.487. The molecule has 0 aromatic rings. The monoisotopic (exact) mass is 216 g/mol. The number of rotatable bonds is 4. The summed E-state index contributed by atoms with van der Waals surface area (Å²) < 4.78 is 15.8. The van der Waals surface area contributed by atoms with Gasteiger partial charge in [0, 0.05) is 6.61 Å². The van der Waals surface area contributed by atoms with E-state index in [0.29, 0.717) is 0 Å². The second-order valence-corrected chi connectivity index (χ2v) is 3.95. The molecule has 0 aromatic carbocycles. The first-order valence-electron chi connectivity index (χ1n) is 5.50. The van der Waals surface area contributed by atoms with E-state index in [0.717, 1.165) is 25.9 Å². The average Bonchev–Trinajstić information content (AvgIpc) is 2.28. The SMILES string of the molecule is COC(=O)[C@H](C)[C@H](C)OC1CCCCO1. The molecule has 15 heavy (non-hydrogen) atoms. The number of carbonyl (C=O) groups excluding carboxylic acids is 1. The van der Waals surface area contributed by atoms with Crippen LogP contribution in [0, 0.1) is 5.92 Å². The summed E-state index contributed by atoms with van der Waals surface area (Å²) in [5, 5.41) is 0. The van der Waals surface area contributed by atoms with Gasteiger partial charge < -0.3 is 14.2 Å². The first-order chi connectivity index (χ1) is 7.15. The number of hydrogen-bond donors (Lipinski definition) is 0. The van der Waals surface area contributed by atoms with Crippen molar-refractivity contribution in [3.63, 3.8) is 0 Å². The van der Waals surface area contributed by atoms with Crippen LogP contribution in [0.5, 0.6) is 0 Å². The molecule has 4 nitrogen and oxygen atoms in total. The minimum Gasteiger partial charge on any atom is -0.469 e. The Morgan fingerprint density at radius 1 is 1.40 bits per heavy atom. The number of esters is 1. The van der Waals surface area contributed by atoms with Crippen LogP contribution in [0.1, 0.15) is 33.1 Å². The normalized spacial score (nSPS) is 25.7. The molecule has 1 fully saturated rings. The van der Waals surface area contributed by atoms with Crippen LogP contribution in [-0.4, -0.2) is 32.1 Å². The quantitative estimate of drug-likeness (QED) is 0.671. The Kier molecular flexibility index (Phi) is 5.05. The molecule has 1 saturated heterocycles. The van der Waals surface area contributed by atoms with Gasteiger partial charge in [0.05, 0.1) is 19.1 Å². The highest BCUT2D eigenvalue weighted by atomic mass is 16.7. The van der Waals surface area contributed by atoms with Crippen LogP contribution in [0.3, 0.4) is 0 Å². The van der Waals surface area contributed by atoms with E-state index in [1.165, 1.54) is 7.11 Å². The van der Waals surface area contributed by atoms with Crippen molar-refractivity contribution in [1.82, 2.24) is 0 Å². The Hall–Kier alpha value is -0.610. The van der Waals surface area contributed by atoms with Crippen LogP contribution >= 0.6 is 0 Å². The second-order valence-electron chi connectivity index (χ2n) is 3.95. The van der Waals surface area contributed by atoms with Gasteiger partial charge in [0.1, 0.15) is 0 Å². The van der Waals surface area contributed by atoms with E-state index < -0.39 is 0 Å². The fourth-order valence-electron chi connectivity index (χ4n) is 1.55. The van der Waals surface area contributed by atoms with Gasteiger partial charge in [-0.1, -0.05) is 0 Å². The molecule has 3 atom stereocenters.